The number of aromatic nitrogens is 2. The third-order valence-corrected chi connectivity index (χ3v) is 6.22. The van der Waals surface area contributed by atoms with Crippen LogP contribution in [0.1, 0.15) is 16.3 Å². The Bertz CT molecular complexity index is 948. The van der Waals surface area contributed by atoms with Gasteiger partial charge in [-0.25, -0.2) is 9.97 Å². The molecule has 4 rings (SSSR count). The molecule has 0 amide bonds. The van der Waals surface area contributed by atoms with Gasteiger partial charge in [0.1, 0.15) is 16.5 Å². The minimum absolute atomic E-state index is 0.678. The number of nitrogens with zero attached hydrogens (tertiary/aromatic N) is 4. The van der Waals surface area contributed by atoms with Crippen LogP contribution in [0.4, 0.5) is 5.82 Å². The zero-order chi connectivity index (χ0) is 18.3. The third-order valence-electron chi connectivity index (χ3n) is 4.69. The van der Waals surface area contributed by atoms with Gasteiger partial charge >= 0.3 is 0 Å². The number of anilines is 1. The molecule has 0 spiro atoms. The van der Waals surface area contributed by atoms with Crippen molar-refractivity contribution in [2.24, 2.45) is 0 Å². The maximum Gasteiger partial charge on any atom is 0.141 e. The van der Waals surface area contributed by atoms with E-state index in [9.17, 15) is 0 Å². The van der Waals surface area contributed by atoms with Crippen LogP contribution in [0.15, 0.2) is 24.3 Å². The highest BCUT2D eigenvalue weighted by molar-refractivity contribution is 7.18. The average molecular weight is 407 g/mol. The first kappa shape index (κ1) is 18.0. The fourth-order valence-electron chi connectivity index (χ4n) is 3.38. The van der Waals surface area contributed by atoms with Crippen molar-refractivity contribution in [3.63, 3.8) is 0 Å². The fourth-order valence-corrected chi connectivity index (χ4v) is 4.77. The number of rotatable bonds is 3. The number of fused-ring (bicyclic) bond motifs is 1. The zero-order valence-corrected chi connectivity index (χ0v) is 17.1. The molecule has 1 fully saturated rings. The Morgan fingerprint density at radius 1 is 1.04 bits per heavy atom. The zero-order valence-electron chi connectivity index (χ0n) is 14.8. The van der Waals surface area contributed by atoms with Gasteiger partial charge < -0.3 is 4.90 Å². The molecule has 1 saturated heterocycles. The largest absolute Gasteiger partial charge is 0.353 e. The number of thiophene rings is 1. The summed E-state index contributed by atoms with van der Waals surface area (Å²) in [5.74, 6) is 1.91. The van der Waals surface area contributed by atoms with Crippen molar-refractivity contribution in [1.82, 2.24) is 14.9 Å². The van der Waals surface area contributed by atoms with Crippen molar-refractivity contribution in [2.45, 2.75) is 20.4 Å². The molecule has 0 saturated carbocycles. The molecule has 136 valence electrons. The second kappa shape index (κ2) is 7.31. The number of benzene rings is 1. The van der Waals surface area contributed by atoms with Gasteiger partial charge in [-0.2, -0.15) is 0 Å². The van der Waals surface area contributed by atoms with Crippen molar-refractivity contribution in [2.75, 3.05) is 31.1 Å². The topological polar surface area (TPSA) is 32.3 Å². The molecule has 0 aliphatic carbocycles. The lowest BCUT2D eigenvalue weighted by Crippen LogP contribution is -2.46. The van der Waals surface area contributed by atoms with E-state index in [-0.39, 0.29) is 0 Å². The Kier molecular flexibility index (Phi) is 5.06. The molecule has 26 heavy (non-hydrogen) atoms. The van der Waals surface area contributed by atoms with Crippen LogP contribution < -0.4 is 4.90 Å². The lowest BCUT2D eigenvalue weighted by atomic mass is 10.2. The second-order valence-electron chi connectivity index (χ2n) is 6.67. The summed E-state index contributed by atoms with van der Waals surface area (Å²) in [5, 5.41) is 2.59. The molecular formula is C19H20Cl2N4S. The normalized spacial score (nSPS) is 15.8. The number of hydrogen-bond donors (Lipinski definition) is 0. The van der Waals surface area contributed by atoms with Crippen molar-refractivity contribution in [3.05, 3.63) is 50.6 Å². The molecule has 1 aromatic carbocycles. The SMILES string of the molecule is Cc1nc(N2CCN(Cc3ccc(Cl)cc3Cl)CC2)c2cc(C)sc2n1. The Labute approximate surface area is 167 Å². The van der Waals surface area contributed by atoms with Gasteiger partial charge in [0.2, 0.25) is 0 Å². The summed E-state index contributed by atoms with van der Waals surface area (Å²) in [6, 6.07) is 7.93. The maximum absolute atomic E-state index is 6.32. The van der Waals surface area contributed by atoms with Gasteiger partial charge in [0.25, 0.3) is 0 Å². The van der Waals surface area contributed by atoms with Crippen LogP contribution in [0, 0.1) is 13.8 Å². The highest BCUT2D eigenvalue weighted by atomic mass is 35.5. The molecule has 3 aromatic rings. The quantitative estimate of drug-likeness (QED) is 0.616. The molecular weight excluding hydrogens is 387 g/mol. The highest BCUT2D eigenvalue weighted by Gasteiger charge is 2.21. The average Bonchev–Trinajstić information content (AvgIpc) is 2.97. The fraction of sp³-hybridized carbons (Fsp3) is 0.368. The summed E-state index contributed by atoms with van der Waals surface area (Å²) >= 11 is 14.0. The van der Waals surface area contributed by atoms with Crippen LogP contribution in [0.5, 0.6) is 0 Å². The van der Waals surface area contributed by atoms with Gasteiger partial charge in [-0.1, -0.05) is 29.3 Å². The van der Waals surface area contributed by atoms with E-state index >= 15 is 0 Å². The van der Waals surface area contributed by atoms with Crippen LogP contribution in [0.2, 0.25) is 10.0 Å². The smallest absolute Gasteiger partial charge is 0.141 e. The van der Waals surface area contributed by atoms with Crippen LogP contribution in [-0.2, 0) is 6.54 Å². The molecule has 0 atom stereocenters. The van der Waals surface area contributed by atoms with Gasteiger partial charge in [0, 0.05) is 47.6 Å². The van der Waals surface area contributed by atoms with Gasteiger partial charge in [0.05, 0.1) is 5.39 Å². The van der Waals surface area contributed by atoms with E-state index in [2.05, 4.69) is 27.8 Å². The number of halogens is 2. The molecule has 4 nitrogen and oxygen atoms in total. The van der Waals surface area contributed by atoms with E-state index in [1.54, 1.807) is 11.3 Å². The first-order chi connectivity index (χ1) is 12.5. The van der Waals surface area contributed by atoms with Gasteiger partial charge in [0.15, 0.2) is 0 Å². The van der Waals surface area contributed by atoms with E-state index in [4.69, 9.17) is 28.2 Å². The predicted molar refractivity (Wildman–Crippen MR) is 111 cm³/mol. The Morgan fingerprint density at radius 3 is 2.54 bits per heavy atom. The molecule has 7 heteroatoms. The first-order valence-corrected chi connectivity index (χ1v) is 10.2. The molecule has 3 heterocycles. The summed E-state index contributed by atoms with van der Waals surface area (Å²) < 4.78 is 0. The van der Waals surface area contributed by atoms with E-state index in [1.165, 1.54) is 10.3 Å². The molecule has 0 radical (unpaired) electrons. The summed E-state index contributed by atoms with van der Waals surface area (Å²) in [6.45, 7) is 8.80. The number of hydrogen-bond acceptors (Lipinski definition) is 5. The Hall–Kier alpha value is -1.40. The molecule has 1 aliphatic rings. The lowest BCUT2D eigenvalue weighted by Gasteiger charge is -2.35. The Morgan fingerprint density at radius 2 is 1.81 bits per heavy atom. The second-order valence-corrected chi connectivity index (χ2v) is 8.75. The van der Waals surface area contributed by atoms with Gasteiger partial charge in [-0.05, 0) is 37.6 Å². The monoisotopic (exact) mass is 406 g/mol. The van der Waals surface area contributed by atoms with Crippen LogP contribution in [0.3, 0.4) is 0 Å². The molecule has 0 N–H and O–H groups in total. The van der Waals surface area contributed by atoms with E-state index in [1.807, 2.05) is 25.1 Å². The Balaban J connectivity index is 1.48. The van der Waals surface area contributed by atoms with Gasteiger partial charge in [-0.3, -0.25) is 4.90 Å². The summed E-state index contributed by atoms with van der Waals surface area (Å²) in [5.41, 5.74) is 1.12. The predicted octanol–water partition coefficient (Wildman–Crippen LogP) is 4.94. The van der Waals surface area contributed by atoms with Crippen LogP contribution in [-0.4, -0.2) is 41.0 Å². The molecule has 0 unspecified atom stereocenters. The first-order valence-electron chi connectivity index (χ1n) is 8.65. The van der Waals surface area contributed by atoms with Crippen molar-refractivity contribution < 1.29 is 0 Å². The number of aryl methyl sites for hydroxylation is 2. The minimum Gasteiger partial charge on any atom is -0.353 e. The molecule has 0 bridgehead atoms. The van der Waals surface area contributed by atoms with E-state index in [0.29, 0.717) is 5.02 Å². The molecule has 1 aliphatic heterocycles. The van der Waals surface area contributed by atoms with Crippen molar-refractivity contribution in [1.29, 1.82) is 0 Å². The standard InChI is InChI=1S/C19H20Cl2N4S/c1-12-9-16-18(22-13(2)23-19(16)26-12)25-7-5-24(6-8-25)11-14-3-4-15(20)10-17(14)21/h3-4,9-10H,5-8,11H2,1-2H3. The van der Waals surface area contributed by atoms with E-state index < -0.39 is 0 Å². The van der Waals surface area contributed by atoms with Crippen molar-refractivity contribution in [3.8, 4) is 0 Å². The summed E-state index contributed by atoms with van der Waals surface area (Å²) in [7, 11) is 0. The minimum atomic E-state index is 0.678. The van der Waals surface area contributed by atoms with Crippen LogP contribution >= 0.6 is 34.5 Å². The summed E-state index contributed by atoms with van der Waals surface area (Å²) in [6.07, 6.45) is 0. The third kappa shape index (κ3) is 3.67. The van der Waals surface area contributed by atoms with Crippen molar-refractivity contribution >= 4 is 50.6 Å². The van der Waals surface area contributed by atoms with E-state index in [0.717, 1.165) is 59.8 Å². The maximum atomic E-state index is 6.32. The molecule has 2 aromatic heterocycles. The lowest BCUT2D eigenvalue weighted by molar-refractivity contribution is 0.249. The highest BCUT2D eigenvalue weighted by Crippen LogP contribution is 2.31. The number of piperazine rings is 1. The van der Waals surface area contributed by atoms with Crippen LogP contribution in [0.25, 0.3) is 10.2 Å². The summed E-state index contributed by atoms with van der Waals surface area (Å²) in [4.78, 5) is 16.5. The van der Waals surface area contributed by atoms with Gasteiger partial charge in [-0.15, -0.1) is 11.3 Å².